The van der Waals surface area contributed by atoms with Crippen LogP contribution in [0.5, 0.6) is 0 Å². The van der Waals surface area contributed by atoms with E-state index in [1.807, 2.05) is 0 Å². The summed E-state index contributed by atoms with van der Waals surface area (Å²) in [6.45, 7) is 0. The molecule has 1 aliphatic rings. The summed E-state index contributed by atoms with van der Waals surface area (Å²) in [6.07, 6.45) is 3.44. The molecule has 0 amide bonds. The molecule has 0 aliphatic heterocycles. The summed E-state index contributed by atoms with van der Waals surface area (Å²) in [6, 6.07) is 3.77. The van der Waals surface area contributed by atoms with Crippen molar-refractivity contribution in [2.24, 2.45) is 0 Å². The van der Waals surface area contributed by atoms with E-state index in [9.17, 15) is 0 Å². The fourth-order valence-electron chi connectivity index (χ4n) is 2.22. The highest BCUT2D eigenvalue weighted by Crippen LogP contribution is 2.35. The second-order valence-electron chi connectivity index (χ2n) is 4.37. The van der Waals surface area contributed by atoms with Crippen LogP contribution in [0.1, 0.15) is 19.3 Å². The Morgan fingerprint density at radius 3 is 2.47 bits per heavy atom. The summed E-state index contributed by atoms with van der Waals surface area (Å²) in [5.74, 6) is 0. The van der Waals surface area contributed by atoms with Crippen molar-refractivity contribution in [1.82, 2.24) is 0 Å². The Morgan fingerprint density at radius 1 is 1.29 bits per heavy atom. The average molecular weight is 275 g/mol. The number of hydrogen-bond acceptors (Lipinski definition) is 3. The van der Waals surface area contributed by atoms with E-state index in [1.54, 1.807) is 19.2 Å². The van der Waals surface area contributed by atoms with Gasteiger partial charge in [0.15, 0.2) is 0 Å². The van der Waals surface area contributed by atoms with Gasteiger partial charge in [0.1, 0.15) is 0 Å². The predicted octanol–water partition coefficient (Wildman–Crippen LogP) is 3.56. The molecule has 1 aromatic carbocycles. The van der Waals surface area contributed by atoms with Crippen LogP contribution in [0.2, 0.25) is 10.0 Å². The number of benzene rings is 1. The molecule has 3 N–H and O–H groups in total. The molecular formula is C12H16Cl2N2O. The summed E-state index contributed by atoms with van der Waals surface area (Å²) in [5.41, 5.74) is 7.01. The normalized spacial score (nSPS) is 23.9. The number of methoxy groups -OCH3 is 1. The molecule has 5 heteroatoms. The lowest BCUT2D eigenvalue weighted by Gasteiger charge is -2.17. The Kier molecular flexibility index (Phi) is 4.02. The Labute approximate surface area is 111 Å². The number of nitrogens with two attached hydrogens (primary N) is 1. The fraction of sp³-hybridized carbons (Fsp3) is 0.500. The number of nitrogen functional groups attached to an aromatic ring is 1. The third kappa shape index (κ3) is 2.97. The van der Waals surface area contributed by atoms with Crippen molar-refractivity contribution in [2.75, 3.05) is 18.2 Å². The SMILES string of the molecule is COC1CCC(Nc2c(Cl)cc(N)cc2Cl)C1. The topological polar surface area (TPSA) is 47.3 Å². The second-order valence-corrected chi connectivity index (χ2v) is 5.19. The molecule has 2 rings (SSSR count). The van der Waals surface area contributed by atoms with Gasteiger partial charge in [-0.1, -0.05) is 23.2 Å². The zero-order valence-electron chi connectivity index (χ0n) is 9.67. The van der Waals surface area contributed by atoms with Gasteiger partial charge in [0.25, 0.3) is 0 Å². The highest BCUT2D eigenvalue weighted by Gasteiger charge is 2.25. The molecule has 1 fully saturated rings. The minimum atomic E-state index is 0.332. The summed E-state index contributed by atoms with van der Waals surface area (Å²) < 4.78 is 5.33. The molecule has 94 valence electrons. The van der Waals surface area contributed by atoms with Crippen LogP contribution in [-0.4, -0.2) is 19.3 Å². The largest absolute Gasteiger partial charge is 0.399 e. The molecule has 1 aromatic rings. The van der Waals surface area contributed by atoms with Gasteiger partial charge >= 0.3 is 0 Å². The quantitative estimate of drug-likeness (QED) is 0.829. The highest BCUT2D eigenvalue weighted by atomic mass is 35.5. The third-order valence-corrected chi connectivity index (χ3v) is 3.73. The van der Waals surface area contributed by atoms with E-state index in [0.29, 0.717) is 27.9 Å². The van der Waals surface area contributed by atoms with Crippen molar-refractivity contribution in [2.45, 2.75) is 31.4 Å². The lowest BCUT2D eigenvalue weighted by molar-refractivity contribution is 0.108. The Morgan fingerprint density at radius 2 is 1.94 bits per heavy atom. The first-order chi connectivity index (χ1) is 8.10. The number of halogens is 2. The summed E-state index contributed by atoms with van der Waals surface area (Å²) in [5, 5.41) is 4.50. The maximum Gasteiger partial charge on any atom is 0.0722 e. The number of rotatable bonds is 3. The molecule has 0 aromatic heterocycles. The average Bonchev–Trinajstić information content (AvgIpc) is 2.71. The molecule has 2 atom stereocenters. The Bertz CT molecular complexity index is 388. The van der Waals surface area contributed by atoms with Crippen LogP contribution in [-0.2, 0) is 4.74 Å². The van der Waals surface area contributed by atoms with Crippen molar-refractivity contribution >= 4 is 34.6 Å². The number of nitrogens with one attached hydrogen (secondary N) is 1. The number of ether oxygens (including phenoxy) is 1. The zero-order valence-corrected chi connectivity index (χ0v) is 11.2. The summed E-state index contributed by atoms with van der Waals surface area (Å²) in [4.78, 5) is 0. The molecular weight excluding hydrogens is 259 g/mol. The van der Waals surface area contributed by atoms with Crippen LogP contribution in [0.15, 0.2) is 12.1 Å². The van der Waals surface area contributed by atoms with Crippen LogP contribution in [0.25, 0.3) is 0 Å². The van der Waals surface area contributed by atoms with Gasteiger partial charge in [-0.05, 0) is 31.4 Å². The van der Waals surface area contributed by atoms with E-state index in [0.717, 1.165) is 24.9 Å². The molecule has 0 bridgehead atoms. The Balaban J connectivity index is 2.09. The predicted molar refractivity (Wildman–Crippen MR) is 72.9 cm³/mol. The van der Waals surface area contributed by atoms with Crippen molar-refractivity contribution in [3.63, 3.8) is 0 Å². The van der Waals surface area contributed by atoms with Gasteiger partial charge in [0, 0.05) is 18.8 Å². The van der Waals surface area contributed by atoms with E-state index in [4.69, 9.17) is 33.7 Å². The summed E-state index contributed by atoms with van der Waals surface area (Å²) >= 11 is 12.3. The van der Waals surface area contributed by atoms with Gasteiger partial charge in [0.2, 0.25) is 0 Å². The molecule has 1 aliphatic carbocycles. The van der Waals surface area contributed by atoms with E-state index < -0.39 is 0 Å². The van der Waals surface area contributed by atoms with E-state index in [-0.39, 0.29) is 0 Å². The van der Waals surface area contributed by atoms with Gasteiger partial charge in [-0.25, -0.2) is 0 Å². The molecule has 1 saturated carbocycles. The second kappa shape index (κ2) is 5.34. The third-order valence-electron chi connectivity index (χ3n) is 3.13. The molecule has 2 unspecified atom stereocenters. The molecule has 0 saturated heterocycles. The molecule has 0 spiro atoms. The first-order valence-corrected chi connectivity index (χ1v) is 6.39. The first kappa shape index (κ1) is 12.8. The van der Waals surface area contributed by atoms with E-state index >= 15 is 0 Å². The smallest absolute Gasteiger partial charge is 0.0722 e. The van der Waals surface area contributed by atoms with E-state index in [2.05, 4.69) is 5.32 Å². The van der Waals surface area contributed by atoms with Gasteiger partial charge in [-0.2, -0.15) is 0 Å². The molecule has 0 heterocycles. The van der Waals surface area contributed by atoms with Crippen LogP contribution < -0.4 is 11.1 Å². The van der Waals surface area contributed by atoms with E-state index in [1.165, 1.54) is 0 Å². The van der Waals surface area contributed by atoms with Gasteiger partial charge in [0.05, 0.1) is 21.8 Å². The highest BCUT2D eigenvalue weighted by molar-refractivity contribution is 6.39. The van der Waals surface area contributed by atoms with Crippen molar-refractivity contribution < 1.29 is 4.74 Å². The minimum absolute atomic E-state index is 0.332. The minimum Gasteiger partial charge on any atom is -0.399 e. The van der Waals surface area contributed by atoms with Gasteiger partial charge in [-0.3, -0.25) is 0 Å². The lowest BCUT2D eigenvalue weighted by Crippen LogP contribution is -2.17. The zero-order chi connectivity index (χ0) is 12.4. The molecule has 0 radical (unpaired) electrons. The van der Waals surface area contributed by atoms with Crippen LogP contribution in [0, 0.1) is 0 Å². The maximum absolute atomic E-state index is 6.13. The van der Waals surface area contributed by atoms with Gasteiger partial charge in [-0.15, -0.1) is 0 Å². The van der Waals surface area contributed by atoms with Gasteiger partial charge < -0.3 is 15.8 Å². The number of hydrogen-bond donors (Lipinski definition) is 2. The Hall–Kier alpha value is -0.640. The van der Waals surface area contributed by atoms with Crippen molar-refractivity contribution in [1.29, 1.82) is 0 Å². The van der Waals surface area contributed by atoms with Crippen LogP contribution in [0.3, 0.4) is 0 Å². The van der Waals surface area contributed by atoms with Crippen LogP contribution in [0.4, 0.5) is 11.4 Å². The number of anilines is 2. The fourth-order valence-corrected chi connectivity index (χ4v) is 2.83. The van der Waals surface area contributed by atoms with Crippen LogP contribution >= 0.6 is 23.2 Å². The summed E-state index contributed by atoms with van der Waals surface area (Å²) in [7, 11) is 1.75. The molecule has 3 nitrogen and oxygen atoms in total. The standard InChI is InChI=1S/C12H16Cl2N2O/c1-17-9-3-2-8(6-9)16-12-10(13)4-7(15)5-11(12)14/h4-5,8-9,16H,2-3,6,15H2,1H3. The first-order valence-electron chi connectivity index (χ1n) is 5.64. The molecule has 17 heavy (non-hydrogen) atoms. The monoisotopic (exact) mass is 274 g/mol. The van der Waals surface area contributed by atoms with Crippen molar-refractivity contribution in [3.05, 3.63) is 22.2 Å². The maximum atomic E-state index is 6.13. The van der Waals surface area contributed by atoms with Crippen molar-refractivity contribution in [3.8, 4) is 0 Å². The lowest BCUT2D eigenvalue weighted by atomic mass is 10.2.